The molecule has 0 aliphatic carbocycles. The zero-order valence-corrected chi connectivity index (χ0v) is 66.9. The van der Waals surface area contributed by atoms with Gasteiger partial charge in [-0.2, -0.15) is 83.5 Å². The van der Waals surface area contributed by atoms with Gasteiger partial charge in [-0.15, -0.1) is 79.9 Å². The van der Waals surface area contributed by atoms with Crippen LogP contribution in [0.5, 0.6) is 0 Å². The van der Waals surface area contributed by atoms with Crippen LogP contribution in [0.4, 0.5) is 35.2 Å². The van der Waals surface area contributed by atoms with Crippen molar-refractivity contribution in [1.29, 1.82) is 0 Å². The minimum absolute atomic E-state index is 0. The number of hydrogen-bond donors (Lipinski definition) is 4. The van der Waals surface area contributed by atoms with Crippen molar-refractivity contribution in [3.05, 3.63) is 125 Å². The number of benzene rings is 4. The van der Waals surface area contributed by atoms with Gasteiger partial charge in [0.1, 0.15) is 42.0 Å². The van der Waals surface area contributed by atoms with E-state index >= 15 is 0 Å². The second kappa shape index (κ2) is 48.9. The molecule has 2 heterocycles. The molecule has 90 heavy (non-hydrogen) atoms. The number of aromatic nitrogens is 6. The summed E-state index contributed by atoms with van der Waals surface area (Å²) in [6, 6.07) is 24.5. The molecule has 0 aliphatic rings. The number of nitrogens with one attached hydrogen (secondary N) is 4. The third-order valence-electron chi connectivity index (χ3n) is 9.77. The maximum atomic E-state index is 12.6. The van der Waals surface area contributed by atoms with E-state index in [-0.39, 0.29) is 273 Å². The average Bonchev–Trinajstić information content (AvgIpc) is 1.14. The largest absolute Gasteiger partial charge is 1.00 e. The summed E-state index contributed by atoms with van der Waals surface area (Å²) in [6.45, 7) is 5.66. The molecule has 4 N–H and O–H groups in total. The van der Waals surface area contributed by atoms with E-state index in [1.807, 2.05) is 13.8 Å². The Labute approximate surface area is 656 Å². The van der Waals surface area contributed by atoms with E-state index in [4.69, 9.17) is 56.8 Å². The summed E-state index contributed by atoms with van der Waals surface area (Å²) in [5, 5.41) is 12.0. The normalized spacial score (nSPS) is 11.1. The van der Waals surface area contributed by atoms with E-state index in [1.165, 1.54) is 36.4 Å². The first-order chi connectivity index (χ1) is 39.4. The second-order valence-electron chi connectivity index (χ2n) is 16.3. The second-order valence-corrected chi connectivity index (χ2v) is 21.6. The molecular formula is C46H48N10Na6O22S6. The zero-order chi connectivity index (χ0) is 62.6. The van der Waals surface area contributed by atoms with E-state index in [0.717, 1.165) is 24.3 Å². The number of nitrogens with zero attached hydrogens (tertiary/aromatic N) is 6. The fourth-order valence-electron chi connectivity index (χ4n) is 6.48. The van der Waals surface area contributed by atoms with Crippen LogP contribution in [0.3, 0.4) is 0 Å². The zero-order valence-electron chi connectivity index (χ0n) is 50.0. The van der Waals surface area contributed by atoms with Gasteiger partial charge in [0.25, 0.3) is 0 Å². The van der Waals surface area contributed by atoms with E-state index < -0.39 is 76.9 Å². The fourth-order valence-corrected chi connectivity index (χ4v) is 8.31. The summed E-state index contributed by atoms with van der Waals surface area (Å²) in [7, 11) is -20.9. The van der Waals surface area contributed by atoms with Gasteiger partial charge < -0.3 is 53.9 Å². The molecule has 0 radical (unpaired) electrons. The van der Waals surface area contributed by atoms with Gasteiger partial charge in [0, 0.05) is 38.4 Å². The third kappa shape index (κ3) is 40.0. The Morgan fingerprint density at radius 3 is 1.49 bits per heavy atom. The quantitative estimate of drug-likeness (QED) is 0.0122. The van der Waals surface area contributed by atoms with Crippen LogP contribution in [0.2, 0.25) is 0 Å². The van der Waals surface area contributed by atoms with Gasteiger partial charge in [-0.05, 0) is 42.9 Å². The molecule has 0 aliphatic heterocycles. The molecule has 0 saturated carbocycles. The van der Waals surface area contributed by atoms with Gasteiger partial charge in [-0.1, -0.05) is 22.7 Å². The SMILES string of the molecule is COCCOCC(C)Nc1nc(Cc2[c-]ccc(S(=O)(=O)[O-])c2)nc(Nc2ccc(/C=C/c3[c-]cc(Cc4nc(Nc5c[c-]ccc5S(=O)(=O)[O-])nc(NC(C)COCCOC)n4)cc3)c(S(=O)(=O)[O-])c2)n1.O=S(=O)=O.O=S(=O)=O.O=S(=O)=O.[Na+].[Na+].[Na+].[Na+].[Na+].[Na+]. The van der Waals surface area contributed by atoms with E-state index in [9.17, 15) is 38.9 Å². The van der Waals surface area contributed by atoms with Crippen LogP contribution >= 0.6 is 0 Å². The maximum Gasteiger partial charge on any atom is 1.00 e. The van der Waals surface area contributed by atoms with Crippen molar-refractivity contribution < 1.29 is 273 Å². The molecule has 456 valence electrons. The molecule has 6 rings (SSSR count). The van der Waals surface area contributed by atoms with E-state index in [1.54, 1.807) is 38.5 Å². The number of ether oxygens (including phenoxy) is 4. The molecule has 32 nitrogen and oxygen atoms in total. The molecule has 0 amide bonds. The first-order valence-electron chi connectivity index (χ1n) is 23.2. The summed E-state index contributed by atoms with van der Waals surface area (Å²) in [5.41, 5.74) is 1.59. The van der Waals surface area contributed by atoms with Crippen LogP contribution < -0.4 is 199 Å². The van der Waals surface area contributed by atoms with Crippen LogP contribution in [0.1, 0.15) is 47.8 Å². The number of rotatable bonds is 27. The van der Waals surface area contributed by atoms with Gasteiger partial charge in [0.05, 0.1) is 44.5 Å². The Bertz CT molecular complexity index is 3860. The Hall–Kier alpha value is -1.73. The van der Waals surface area contributed by atoms with Gasteiger partial charge in [-0.25, -0.2) is 25.3 Å². The Balaban J connectivity index is -0.00000188. The summed E-state index contributed by atoms with van der Waals surface area (Å²) >= 11 is 0. The molecule has 2 unspecified atom stereocenters. The molecule has 4 aromatic carbocycles. The third-order valence-corrected chi connectivity index (χ3v) is 12.4. The molecule has 0 bridgehead atoms. The van der Waals surface area contributed by atoms with Gasteiger partial charge in [-0.3, -0.25) is 0 Å². The van der Waals surface area contributed by atoms with Gasteiger partial charge >= 0.3 is 209 Å². The summed E-state index contributed by atoms with van der Waals surface area (Å²) in [5.74, 6) is 0.465. The molecule has 44 heteroatoms. The van der Waals surface area contributed by atoms with Crippen LogP contribution in [-0.2, 0) is 94.0 Å². The summed E-state index contributed by atoms with van der Waals surface area (Å²) in [4.78, 5) is 25.1. The molecule has 6 aromatic rings. The van der Waals surface area contributed by atoms with E-state index in [2.05, 4.69) is 69.4 Å². The van der Waals surface area contributed by atoms with Crippen LogP contribution in [-0.4, -0.2) is 173 Å². The van der Waals surface area contributed by atoms with Crippen molar-refractivity contribution in [2.45, 2.75) is 53.5 Å². The predicted octanol–water partition coefficient (Wildman–Crippen LogP) is -17.1. The first-order valence-corrected chi connectivity index (χ1v) is 30.4. The van der Waals surface area contributed by atoms with Crippen molar-refractivity contribution in [2.75, 3.05) is 75.1 Å². The predicted molar refractivity (Wildman–Crippen MR) is 288 cm³/mol. The molecule has 2 atom stereocenters. The molecular weight excluding hydrogens is 1370 g/mol. The van der Waals surface area contributed by atoms with Crippen molar-refractivity contribution in [3.8, 4) is 0 Å². The molecule has 0 fully saturated rings. The summed E-state index contributed by atoms with van der Waals surface area (Å²) in [6.07, 6.45) is 3.06. The van der Waals surface area contributed by atoms with Crippen LogP contribution in [0.15, 0.2) is 87.5 Å². The summed E-state index contributed by atoms with van der Waals surface area (Å²) < 4.78 is 206. The van der Waals surface area contributed by atoms with Crippen molar-refractivity contribution in [1.82, 2.24) is 29.9 Å². The Morgan fingerprint density at radius 2 is 1.02 bits per heavy atom. The molecule has 0 spiro atoms. The average molecular weight is 1420 g/mol. The molecule has 0 saturated heterocycles. The minimum Gasteiger partial charge on any atom is -0.746 e. The van der Waals surface area contributed by atoms with Crippen molar-refractivity contribution in [3.63, 3.8) is 0 Å². The Morgan fingerprint density at radius 1 is 0.533 bits per heavy atom. The van der Waals surface area contributed by atoms with Gasteiger partial charge in [0.15, 0.2) is 0 Å². The molecule has 2 aromatic heterocycles. The first kappa shape index (κ1) is 94.7. The minimum atomic E-state index is -5.05. The smallest absolute Gasteiger partial charge is 0.746 e. The van der Waals surface area contributed by atoms with Crippen LogP contribution in [0, 0.1) is 18.2 Å². The van der Waals surface area contributed by atoms with Crippen molar-refractivity contribution >= 4 is 110 Å². The van der Waals surface area contributed by atoms with Crippen LogP contribution in [0.25, 0.3) is 12.2 Å². The topological polar surface area (TPSA) is 488 Å². The standard InChI is InChI=1S/C46H51N10O13S3.6Na.3O3S/c1-30(28-68-22-20-66-3)47-43-52-42(26-34-8-7-9-37(24-34)70(57,58)59)53-45(55-43)49-36-19-18-35(40(27-36)72(63,64)65)17-16-32-12-14-33(15-13-32)25-41-51-44(48-31(2)29-69-23-21-67-4)56-46(54-41)50-38-10-5-6-11-39(38)71(60,61)62;;;;;;;3*1-4(2)3/h6-7,9-12,14-19,24,27,30-31H,20-23,25-26,28-29H2,1-4H3,(H,57,58,59)(H,60,61,62)(H,63,64,65)(H2,47,49,52,53,55)(H2,48,50,51,54,56);;;;;;;;;/q-3;6*+1;;;/p-3/b17-16+;;;;;;;;;. The van der Waals surface area contributed by atoms with Crippen molar-refractivity contribution in [2.24, 2.45) is 0 Å². The number of hydrogen-bond acceptors (Lipinski definition) is 32. The van der Waals surface area contributed by atoms with E-state index in [0.29, 0.717) is 37.6 Å². The van der Waals surface area contributed by atoms with Gasteiger partial charge in [0.2, 0.25) is 23.8 Å². The maximum absolute atomic E-state index is 12.6. The fraction of sp³-hybridized carbons (Fsp3) is 0.304. The monoisotopic (exact) mass is 1420 g/mol. The number of anilines is 6. The number of methoxy groups -OCH3 is 2. The Kier molecular flexibility index (Phi) is 51.4.